The Morgan fingerprint density at radius 1 is 0.911 bits per heavy atom. The second-order valence-electron chi connectivity index (χ2n) is 12.8. The van der Waals surface area contributed by atoms with Crippen LogP contribution in [0.1, 0.15) is 82.1 Å². The van der Waals surface area contributed by atoms with E-state index in [0.717, 1.165) is 12.1 Å². The first kappa shape index (κ1) is 34.0. The van der Waals surface area contributed by atoms with Crippen LogP contribution in [0.2, 0.25) is 0 Å². The summed E-state index contributed by atoms with van der Waals surface area (Å²) in [6.07, 6.45) is -2.73. The summed E-state index contributed by atoms with van der Waals surface area (Å²) in [6.45, 7) is 7.23. The van der Waals surface area contributed by atoms with Gasteiger partial charge in [0.15, 0.2) is 11.6 Å². The summed E-state index contributed by atoms with van der Waals surface area (Å²) >= 11 is 0. The molecule has 2 aliphatic rings. The van der Waals surface area contributed by atoms with E-state index in [1.807, 2.05) is 6.92 Å². The summed E-state index contributed by atoms with van der Waals surface area (Å²) in [5, 5.41) is 5.07. The highest BCUT2D eigenvalue weighted by molar-refractivity contribution is 5.99. The number of esters is 1. The SMILES string of the molecule is COc1cc(F)c(OC2CCC(C)(C(=O)OC(C)(C)C)CC2)cc1C(=O)N[C@@H]1CC[C@@H]1C(=O)Nc1ccc(F)c(C(F)(F)F)c1. The predicted molar refractivity (Wildman–Crippen MR) is 154 cm³/mol. The molecule has 0 saturated heterocycles. The number of halogens is 5. The van der Waals surface area contributed by atoms with Crippen molar-refractivity contribution in [1.29, 1.82) is 0 Å². The van der Waals surface area contributed by atoms with Gasteiger partial charge in [-0.3, -0.25) is 14.4 Å². The van der Waals surface area contributed by atoms with E-state index in [1.165, 1.54) is 13.2 Å². The third-order valence-electron chi connectivity index (χ3n) is 8.19. The van der Waals surface area contributed by atoms with Gasteiger partial charge in [-0.15, -0.1) is 0 Å². The van der Waals surface area contributed by atoms with Crippen LogP contribution in [0.5, 0.6) is 11.5 Å². The summed E-state index contributed by atoms with van der Waals surface area (Å²) in [7, 11) is 1.27. The fourth-order valence-corrected chi connectivity index (χ4v) is 5.39. The lowest BCUT2D eigenvalue weighted by Crippen LogP contribution is -2.51. The summed E-state index contributed by atoms with van der Waals surface area (Å²) < 4.78 is 84.5. The van der Waals surface area contributed by atoms with Crippen molar-refractivity contribution in [2.45, 2.75) is 90.1 Å². The average Bonchev–Trinajstić information content (AvgIpc) is 2.92. The Kier molecular flexibility index (Phi) is 9.70. The van der Waals surface area contributed by atoms with Crippen LogP contribution >= 0.6 is 0 Å². The molecular formula is C32H37F5N2O6. The van der Waals surface area contributed by atoms with Crippen molar-refractivity contribution >= 4 is 23.5 Å². The van der Waals surface area contributed by atoms with Crippen LogP contribution in [-0.4, -0.2) is 42.6 Å². The van der Waals surface area contributed by atoms with Crippen LogP contribution in [0.4, 0.5) is 27.6 Å². The Hall–Kier alpha value is -3.90. The molecule has 0 radical (unpaired) electrons. The molecule has 45 heavy (non-hydrogen) atoms. The second kappa shape index (κ2) is 12.8. The number of hydrogen-bond donors (Lipinski definition) is 2. The number of anilines is 1. The van der Waals surface area contributed by atoms with Gasteiger partial charge in [0.2, 0.25) is 5.91 Å². The third-order valence-corrected chi connectivity index (χ3v) is 8.19. The van der Waals surface area contributed by atoms with Gasteiger partial charge in [-0.1, -0.05) is 0 Å². The van der Waals surface area contributed by atoms with Gasteiger partial charge in [-0.05, 0) is 90.5 Å². The number of benzene rings is 2. The topological polar surface area (TPSA) is 103 Å². The van der Waals surface area contributed by atoms with E-state index in [9.17, 15) is 36.3 Å². The largest absolute Gasteiger partial charge is 0.496 e. The fraction of sp³-hybridized carbons (Fsp3) is 0.531. The number of carbonyl (C=O) groups excluding carboxylic acids is 3. The van der Waals surface area contributed by atoms with Crippen LogP contribution in [0, 0.1) is 23.0 Å². The average molecular weight is 641 g/mol. The van der Waals surface area contributed by atoms with E-state index in [4.69, 9.17) is 14.2 Å². The molecule has 2 aliphatic carbocycles. The first-order valence-corrected chi connectivity index (χ1v) is 14.7. The van der Waals surface area contributed by atoms with E-state index in [0.29, 0.717) is 50.7 Å². The summed E-state index contributed by atoms with van der Waals surface area (Å²) in [6, 6.07) is 3.72. The molecule has 2 amide bonds. The van der Waals surface area contributed by atoms with Crippen LogP contribution in [0.25, 0.3) is 0 Å². The fourth-order valence-electron chi connectivity index (χ4n) is 5.39. The van der Waals surface area contributed by atoms with Crippen molar-refractivity contribution in [3.63, 3.8) is 0 Å². The lowest BCUT2D eigenvalue weighted by Gasteiger charge is -2.37. The molecule has 8 nitrogen and oxygen atoms in total. The first-order chi connectivity index (χ1) is 20.9. The summed E-state index contributed by atoms with van der Waals surface area (Å²) in [4.78, 5) is 38.8. The molecule has 4 rings (SSSR count). The lowest BCUT2D eigenvalue weighted by molar-refractivity contribution is -0.169. The quantitative estimate of drug-likeness (QED) is 0.243. The molecule has 0 bridgehead atoms. The molecule has 2 saturated carbocycles. The van der Waals surface area contributed by atoms with Crippen molar-refractivity contribution in [2.75, 3.05) is 12.4 Å². The standard InChI is InChI=1S/C32H37F5N2O6/c1-30(2,3)45-29(42)31(4)12-10-18(11-13-31)44-26-15-20(25(43-5)16-23(26)34)28(41)39-24-9-7-19(24)27(40)38-17-6-8-22(33)21(14-17)32(35,36)37/h6,8,14-16,18-19,24H,7,9-13H2,1-5H3,(H,38,40)(H,39,41)/t18?,19-,24+,31?/m0/s1. The van der Waals surface area contributed by atoms with Crippen molar-refractivity contribution in [2.24, 2.45) is 11.3 Å². The minimum Gasteiger partial charge on any atom is -0.496 e. The van der Waals surface area contributed by atoms with Gasteiger partial charge in [0.05, 0.1) is 35.7 Å². The monoisotopic (exact) mass is 640 g/mol. The van der Waals surface area contributed by atoms with Crippen LogP contribution in [0.3, 0.4) is 0 Å². The molecule has 2 fully saturated rings. The van der Waals surface area contributed by atoms with Gasteiger partial charge in [0.25, 0.3) is 5.91 Å². The Bertz CT molecular complexity index is 1450. The molecule has 2 atom stereocenters. The van der Waals surface area contributed by atoms with E-state index >= 15 is 0 Å². The number of ether oxygens (including phenoxy) is 3. The maximum atomic E-state index is 15.0. The third kappa shape index (κ3) is 8.04. The van der Waals surface area contributed by atoms with Gasteiger partial charge in [0.1, 0.15) is 17.2 Å². The lowest BCUT2D eigenvalue weighted by atomic mass is 9.74. The Morgan fingerprint density at radius 3 is 2.13 bits per heavy atom. The molecule has 0 aliphatic heterocycles. The van der Waals surface area contributed by atoms with Crippen LogP contribution < -0.4 is 20.1 Å². The zero-order chi connectivity index (χ0) is 33.3. The number of alkyl halides is 3. The zero-order valence-corrected chi connectivity index (χ0v) is 25.7. The van der Waals surface area contributed by atoms with E-state index < -0.39 is 64.3 Å². The molecular weight excluding hydrogens is 603 g/mol. The zero-order valence-electron chi connectivity index (χ0n) is 25.7. The van der Waals surface area contributed by atoms with Gasteiger partial charge in [0, 0.05) is 17.8 Å². The molecule has 2 aromatic carbocycles. The summed E-state index contributed by atoms with van der Waals surface area (Å²) in [5.41, 5.74) is -3.10. The first-order valence-electron chi connectivity index (χ1n) is 14.7. The minimum absolute atomic E-state index is 0.0392. The van der Waals surface area contributed by atoms with E-state index in [-0.39, 0.29) is 28.7 Å². The number of amides is 2. The minimum atomic E-state index is -4.94. The molecule has 246 valence electrons. The van der Waals surface area contributed by atoms with Gasteiger partial charge >= 0.3 is 12.1 Å². The summed E-state index contributed by atoms with van der Waals surface area (Å²) in [5.74, 6) is -4.82. The highest BCUT2D eigenvalue weighted by Gasteiger charge is 2.42. The van der Waals surface area contributed by atoms with Crippen molar-refractivity contribution in [1.82, 2.24) is 5.32 Å². The number of nitrogens with one attached hydrogen (secondary N) is 2. The highest BCUT2D eigenvalue weighted by Crippen LogP contribution is 2.40. The van der Waals surface area contributed by atoms with Crippen LogP contribution in [0.15, 0.2) is 30.3 Å². The molecule has 2 aromatic rings. The number of rotatable bonds is 8. The Labute approximate surface area is 258 Å². The maximum absolute atomic E-state index is 15.0. The molecule has 0 heterocycles. The smallest absolute Gasteiger partial charge is 0.419 e. The molecule has 0 unspecified atom stereocenters. The van der Waals surface area contributed by atoms with Crippen molar-refractivity contribution in [3.05, 3.63) is 53.1 Å². The molecule has 0 spiro atoms. The maximum Gasteiger partial charge on any atom is 0.419 e. The highest BCUT2D eigenvalue weighted by atomic mass is 19.4. The molecule has 13 heteroatoms. The predicted octanol–water partition coefficient (Wildman–Crippen LogP) is 6.81. The second-order valence-corrected chi connectivity index (χ2v) is 12.8. The van der Waals surface area contributed by atoms with Gasteiger partial charge in [-0.2, -0.15) is 13.2 Å². The van der Waals surface area contributed by atoms with Gasteiger partial charge < -0.3 is 24.8 Å². The number of methoxy groups -OCH3 is 1. The molecule has 2 N–H and O–H groups in total. The van der Waals surface area contributed by atoms with E-state index in [2.05, 4.69) is 10.6 Å². The number of carbonyl (C=O) groups is 3. The Morgan fingerprint density at radius 2 is 1.58 bits per heavy atom. The number of hydrogen-bond acceptors (Lipinski definition) is 6. The van der Waals surface area contributed by atoms with E-state index in [1.54, 1.807) is 20.8 Å². The van der Waals surface area contributed by atoms with Crippen molar-refractivity contribution in [3.8, 4) is 11.5 Å². The van der Waals surface area contributed by atoms with Gasteiger partial charge in [-0.25, -0.2) is 8.78 Å². The Balaban J connectivity index is 1.40. The molecule has 0 aromatic heterocycles. The van der Waals surface area contributed by atoms with Crippen molar-refractivity contribution < 1.29 is 50.5 Å². The van der Waals surface area contributed by atoms with Crippen LogP contribution in [-0.2, 0) is 20.5 Å². The normalized spacial score (nSPS) is 23.4.